The standard InChI is InChI=1S/C27H33NO4/c29-26(30)17-6-2-5-13-23(27(31)28-19-18-21-10-3-1-4-11-21)20-32-25-16-9-14-22-12-7-8-15-24(22)25/h7-10,12-16H,1-6,11,17-20H2,(H,28,31)(H,29,30)/b23-13+. The van der Waals surface area contributed by atoms with Crippen molar-refractivity contribution in [3.63, 3.8) is 0 Å². The van der Waals surface area contributed by atoms with Crippen LogP contribution in [-0.4, -0.2) is 30.1 Å². The molecule has 2 aromatic rings. The predicted octanol–water partition coefficient (Wildman–Crippen LogP) is 5.80. The van der Waals surface area contributed by atoms with Crippen LogP contribution >= 0.6 is 0 Å². The SMILES string of the molecule is O=C(O)CCCC/C=C(\COc1cccc2ccccc12)C(=O)NCCC1=CCCCC1. The largest absolute Gasteiger partial charge is 0.488 e. The molecular formula is C27H33NO4. The highest BCUT2D eigenvalue weighted by Gasteiger charge is 2.12. The molecule has 0 spiro atoms. The highest BCUT2D eigenvalue weighted by molar-refractivity contribution is 5.94. The van der Waals surface area contributed by atoms with Crippen LogP contribution < -0.4 is 10.1 Å². The van der Waals surface area contributed by atoms with E-state index in [9.17, 15) is 9.59 Å². The Bertz CT molecular complexity index is 971. The van der Waals surface area contributed by atoms with Crippen molar-refractivity contribution in [1.82, 2.24) is 5.32 Å². The van der Waals surface area contributed by atoms with Gasteiger partial charge >= 0.3 is 5.97 Å². The number of hydrogen-bond donors (Lipinski definition) is 2. The zero-order valence-electron chi connectivity index (χ0n) is 18.6. The number of hydrogen-bond acceptors (Lipinski definition) is 3. The lowest BCUT2D eigenvalue weighted by Crippen LogP contribution is -2.28. The summed E-state index contributed by atoms with van der Waals surface area (Å²) < 4.78 is 6.06. The van der Waals surface area contributed by atoms with Crippen molar-refractivity contribution in [3.8, 4) is 5.75 Å². The Labute approximate surface area is 190 Å². The summed E-state index contributed by atoms with van der Waals surface area (Å²) >= 11 is 0. The molecule has 0 atom stereocenters. The molecule has 2 aromatic carbocycles. The van der Waals surface area contributed by atoms with E-state index in [1.165, 1.54) is 18.4 Å². The topological polar surface area (TPSA) is 75.6 Å². The van der Waals surface area contributed by atoms with Gasteiger partial charge in [-0.25, -0.2) is 0 Å². The van der Waals surface area contributed by atoms with Crippen LogP contribution in [0.4, 0.5) is 0 Å². The number of unbranched alkanes of at least 4 members (excludes halogenated alkanes) is 2. The molecule has 3 rings (SSSR count). The normalized spacial score (nSPS) is 14.1. The van der Waals surface area contributed by atoms with Gasteiger partial charge in [-0.3, -0.25) is 9.59 Å². The molecule has 0 saturated carbocycles. The van der Waals surface area contributed by atoms with Crippen molar-refractivity contribution >= 4 is 22.6 Å². The number of nitrogens with one attached hydrogen (secondary N) is 1. The zero-order valence-corrected chi connectivity index (χ0v) is 18.6. The third-order valence-electron chi connectivity index (χ3n) is 5.78. The Morgan fingerprint density at radius 3 is 2.72 bits per heavy atom. The number of allylic oxidation sites excluding steroid dienone is 2. The number of benzene rings is 2. The molecule has 0 unspecified atom stereocenters. The molecule has 5 heteroatoms. The Kier molecular flexibility index (Phi) is 9.36. The average Bonchev–Trinajstić information content (AvgIpc) is 2.81. The minimum absolute atomic E-state index is 0.111. The van der Waals surface area contributed by atoms with Gasteiger partial charge in [0.15, 0.2) is 0 Å². The molecule has 1 aliphatic rings. The summed E-state index contributed by atoms with van der Waals surface area (Å²) in [6, 6.07) is 13.9. The van der Waals surface area contributed by atoms with Gasteiger partial charge in [-0.2, -0.15) is 0 Å². The molecule has 170 valence electrons. The van der Waals surface area contributed by atoms with Crippen molar-refractivity contribution in [3.05, 3.63) is 65.8 Å². The lowest BCUT2D eigenvalue weighted by atomic mass is 9.97. The van der Waals surface area contributed by atoms with E-state index in [4.69, 9.17) is 9.84 Å². The van der Waals surface area contributed by atoms with Gasteiger partial charge < -0.3 is 15.2 Å². The predicted molar refractivity (Wildman–Crippen MR) is 128 cm³/mol. The van der Waals surface area contributed by atoms with Crippen LogP contribution in [0.15, 0.2) is 65.8 Å². The number of fused-ring (bicyclic) bond motifs is 1. The van der Waals surface area contributed by atoms with Gasteiger partial charge in [-0.1, -0.05) is 54.1 Å². The summed E-state index contributed by atoms with van der Waals surface area (Å²) in [6.07, 6.45) is 12.0. The third kappa shape index (κ3) is 7.56. The van der Waals surface area contributed by atoms with Crippen molar-refractivity contribution in [2.24, 2.45) is 0 Å². The van der Waals surface area contributed by atoms with E-state index in [1.807, 2.05) is 48.5 Å². The molecule has 0 fully saturated rings. The summed E-state index contributed by atoms with van der Waals surface area (Å²) in [5.41, 5.74) is 2.02. The van der Waals surface area contributed by atoms with Crippen LogP contribution in [0.3, 0.4) is 0 Å². The summed E-state index contributed by atoms with van der Waals surface area (Å²) in [6.45, 7) is 0.802. The number of carboxylic acid groups (broad SMARTS) is 1. The molecule has 0 saturated heterocycles. The number of carbonyl (C=O) groups is 2. The zero-order chi connectivity index (χ0) is 22.6. The molecule has 5 nitrogen and oxygen atoms in total. The fourth-order valence-corrected chi connectivity index (χ4v) is 3.97. The van der Waals surface area contributed by atoms with E-state index in [2.05, 4.69) is 11.4 Å². The maximum Gasteiger partial charge on any atom is 0.303 e. The first-order valence-electron chi connectivity index (χ1n) is 11.6. The first-order chi connectivity index (χ1) is 15.6. The number of rotatable bonds is 12. The number of amides is 1. The van der Waals surface area contributed by atoms with Crippen molar-refractivity contribution < 1.29 is 19.4 Å². The highest BCUT2D eigenvalue weighted by Crippen LogP contribution is 2.25. The minimum Gasteiger partial charge on any atom is -0.488 e. The Balaban J connectivity index is 1.60. The van der Waals surface area contributed by atoms with Crippen molar-refractivity contribution in [2.45, 2.75) is 57.8 Å². The number of carboxylic acids is 1. The Hall–Kier alpha value is -3.08. The van der Waals surface area contributed by atoms with Gasteiger partial charge in [-0.05, 0) is 62.8 Å². The van der Waals surface area contributed by atoms with Gasteiger partial charge in [-0.15, -0.1) is 0 Å². The molecule has 0 radical (unpaired) electrons. The second-order valence-electron chi connectivity index (χ2n) is 8.25. The van der Waals surface area contributed by atoms with Gasteiger partial charge in [0.25, 0.3) is 0 Å². The molecule has 0 heterocycles. The van der Waals surface area contributed by atoms with E-state index in [-0.39, 0.29) is 18.9 Å². The summed E-state index contributed by atoms with van der Waals surface area (Å²) in [5.74, 6) is -0.150. The summed E-state index contributed by atoms with van der Waals surface area (Å²) in [7, 11) is 0. The summed E-state index contributed by atoms with van der Waals surface area (Å²) in [5, 5.41) is 14.0. The van der Waals surface area contributed by atoms with E-state index in [0.29, 0.717) is 25.0 Å². The summed E-state index contributed by atoms with van der Waals surface area (Å²) in [4.78, 5) is 23.6. The number of aliphatic carboxylic acids is 1. The van der Waals surface area contributed by atoms with Crippen LogP contribution in [0.25, 0.3) is 10.8 Å². The molecule has 1 amide bonds. The highest BCUT2D eigenvalue weighted by atomic mass is 16.5. The van der Waals surface area contributed by atoms with Gasteiger partial charge in [0.05, 0.1) is 5.57 Å². The molecule has 2 N–H and O–H groups in total. The maximum atomic E-state index is 12.9. The van der Waals surface area contributed by atoms with Crippen molar-refractivity contribution in [1.29, 1.82) is 0 Å². The van der Waals surface area contributed by atoms with Gasteiger partial charge in [0.2, 0.25) is 5.91 Å². The van der Waals surface area contributed by atoms with Gasteiger partial charge in [0, 0.05) is 18.4 Å². The lowest BCUT2D eigenvalue weighted by Gasteiger charge is -2.15. The fraction of sp³-hybridized carbons (Fsp3) is 0.407. The van der Waals surface area contributed by atoms with Crippen LogP contribution in [0.2, 0.25) is 0 Å². The lowest BCUT2D eigenvalue weighted by molar-refractivity contribution is -0.137. The maximum absolute atomic E-state index is 12.9. The molecule has 32 heavy (non-hydrogen) atoms. The van der Waals surface area contributed by atoms with Crippen molar-refractivity contribution in [2.75, 3.05) is 13.2 Å². The quantitative estimate of drug-likeness (QED) is 0.251. The molecule has 0 aromatic heterocycles. The Morgan fingerprint density at radius 1 is 1.06 bits per heavy atom. The second kappa shape index (κ2) is 12.7. The van der Waals surface area contributed by atoms with E-state index in [0.717, 1.165) is 42.2 Å². The van der Waals surface area contributed by atoms with Crippen LogP contribution in [0, 0.1) is 0 Å². The van der Waals surface area contributed by atoms with E-state index < -0.39 is 5.97 Å². The second-order valence-corrected chi connectivity index (χ2v) is 8.25. The fourth-order valence-electron chi connectivity index (χ4n) is 3.97. The van der Waals surface area contributed by atoms with E-state index >= 15 is 0 Å². The first kappa shape index (κ1) is 23.6. The average molecular weight is 436 g/mol. The van der Waals surface area contributed by atoms with Gasteiger partial charge in [0.1, 0.15) is 12.4 Å². The molecule has 0 aliphatic heterocycles. The van der Waals surface area contributed by atoms with Crippen LogP contribution in [0.5, 0.6) is 5.75 Å². The number of ether oxygens (including phenoxy) is 1. The van der Waals surface area contributed by atoms with Crippen LogP contribution in [-0.2, 0) is 9.59 Å². The molecule has 1 aliphatic carbocycles. The third-order valence-corrected chi connectivity index (χ3v) is 5.78. The smallest absolute Gasteiger partial charge is 0.303 e. The monoisotopic (exact) mass is 435 g/mol. The minimum atomic E-state index is -0.789. The van der Waals surface area contributed by atoms with E-state index in [1.54, 1.807) is 0 Å². The molecule has 0 bridgehead atoms. The first-order valence-corrected chi connectivity index (χ1v) is 11.6. The van der Waals surface area contributed by atoms with Crippen LogP contribution in [0.1, 0.15) is 57.8 Å². The Morgan fingerprint density at radius 2 is 1.91 bits per heavy atom. The molecular weight excluding hydrogens is 402 g/mol. The number of carbonyl (C=O) groups excluding carboxylic acids is 1.